The molecule has 2 rings (SSSR count). The molecule has 4 nitrogen and oxygen atoms in total. The Morgan fingerprint density at radius 1 is 1.33 bits per heavy atom. The van der Waals surface area contributed by atoms with E-state index in [1.807, 2.05) is 6.07 Å². The van der Waals surface area contributed by atoms with E-state index >= 15 is 0 Å². The molecule has 0 aliphatic carbocycles. The second-order valence-corrected chi connectivity index (χ2v) is 3.74. The number of benzene rings is 1. The van der Waals surface area contributed by atoms with Gasteiger partial charge in [-0.1, -0.05) is 18.2 Å². The van der Waals surface area contributed by atoms with Crippen LogP contribution in [0.1, 0.15) is 17.1 Å². The second-order valence-electron chi connectivity index (χ2n) is 3.74. The molecule has 1 N–H and O–H groups in total. The summed E-state index contributed by atoms with van der Waals surface area (Å²) in [5.74, 6) is 0.753. The van der Waals surface area contributed by atoms with E-state index in [4.69, 9.17) is 5.26 Å². The SMILES string of the molecule is Cc1nc(C#N)cc(NCc2ccccc2F)n1. The number of nitriles is 1. The smallest absolute Gasteiger partial charge is 0.146 e. The lowest BCUT2D eigenvalue weighted by atomic mass is 10.2. The van der Waals surface area contributed by atoms with E-state index in [9.17, 15) is 4.39 Å². The van der Waals surface area contributed by atoms with Gasteiger partial charge >= 0.3 is 0 Å². The van der Waals surface area contributed by atoms with Crippen LogP contribution in [0.5, 0.6) is 0 Å². The number of anilines is 1. The molecule has 5 heteroatoms. The summed E-state index contributed by atoms with van der Waals surface area (Å²) in [4.78, 5) is 8.07. The van der Waals surface area contributed by atoms with Gasteiger partial charge in [-0.25, -0.2) is 14.4 Å². The fourth-order valence-electron chi connectivity index (χ4n) is 1.54. The van der Waals surface area contributed by atoms with Gasteiger partial charge in [0.15, 0.2) is 0 Å². The highest BCUT2D eigenvalue weighted by Gasteiger charge is 2.03. The van der Waals surface area contributed by atoms with Crippen molar-refractivity contribution >= 4 is 5.82 Å². The Morgan fingerprint density at radius 3 is 2.83 bits per heavy atom. The molecule has 0 aliphatic rings. The molecule has 1 heterocycles. The lowest BCUT2D eigenvalue weighted by molar-refractivity contribution is 0.613. The number of rotatable bonds is 3. The quantitative estimate of drug-likeness (QED) is 0.897. The fraction of sp³-hybridized carbons (Fsp3) is 0.154. The Bertz CT molecular complexity index is 604. The minimum absolute atomic E-state index is 0.267. The van der Waals surface area contributed by atoms with E-state index in [1.165, 1.54) is 12.1 Å². The van der Waals surface area contributed by atoms with Crippen LogP contribution in [0.25, 0.3) is 0 Å². The summed E-state index contributed by atoms with van der Waals surface area (Å²) in [5.41, 5.74) is 0.839. The molecular weight excluding hydrogens is 231 g/mol. The van der Waals surface area contributed by atoms with Crippen molar-refractivity contribution in [1.29, 1.82) is 5.26 Å². The molecular formula is C13H11FN4. The highest BCUT2D eigenvalue weighted by molar-refractivity contribution is 5.40. The number of nitrogens with one attached hydrogen (secondary N) is 1. The number of hydrogen-bond acceptors (Lipinski definition) is 4. The largest absolute Gasteiger partial charge is 0.366 e. The Morgan fingerprint density at radius 2 is 2.11 bits per heavy atom. The first-order valence-corrected chi connectivity index (χ1v) is 5.42. The summed E-state index contributed by atoms with van der Waals surface area (Å²) < 4.78 is 13.4. The van der Waals surface area contributed by atoms with Gasteiger partial charge in [-0.05, 0) is 13.0 Å². The van der Waals surface area contributed by atoms with Crippen LogP contribution in [0.15, 0.2) is 30.3 Å². The summed E-state index contributed by atoms with van der Waals surface area (Å²) >= 11 is 0. The summed E-state index contributed by atoms with van der Waals surface area (Å²) in [5, 5.41) is 11.8. The third-order valence-corrected chi connectivity index (χ3v) is 2.37. The third-order valence-electron chi connectivity index (χ3n) is 2.37. The van der Waals surface area contributed by atoms with Gasteiger partial charge in [0.2, 0.25) is 0 Å². The highest BCUT2D eigenvalue weighted by atomic mass is 19.1. The van der Waals surface area contributed by atoms with Crippen LogP contribution < -0.4 is 5.32 Å². The summed E-state index contributed by atoms with van der Waals surface area (Å²) in [7, 11) is 0. The van der Waals surface area contributed by atoms with E-state index in [1.54, 1.807) is 25.1 Å². The molecule has 0 saturated heterocycles. The third kappa shape index (κ3) is 2.80. The minimum Gasteiger partial charge on any atom is -0.366 e. The molecule has 1 aromatic heterocycles. The van der Waals surface area contributed by atoms with Crippen LogP contribution in [0, 0.1) is 24.1 Å². The number of halogens is 1. The Balaban J connectivity index is 2.14. The normalized spacial score (nSPS) is 9.83. The zero-order valence-electron chi connectivity index (χ0n) is 9.81. The van der Waals surface area contributed by atoms with Gasteiger partial charge in [0.1, 0.15) is 29.2 Å². The van der Waals surface area contributed by atoms with Gasteiger partial charge in [0, 0.05) is 18.2 Å². The van der Waals surface area contributed by atoms with E-state index in [0.29, 0.717) is 29.4 Å². The molecule has 0 saturated carbocycles. The maximum atomic E-state index is 13.4. The highest BCUT2D eigenvalue weighted by Crippen LogP contribution is 2.10. The van der Waals surface area contributed by atoms with Crippen molar-refractivity contribution in [2.45, 2.75) is 13.5 Å². The number of aromatic nitrogens is 2. The van der Waals surface area contributed by atoms with Crippen LogP contribution in [0.4, 0.5) is 10.2 Å². The van der Waals surface area contributed by atoms with E-state index in [-0.39, 0.29) is 5.82 Å². The number of nitrogens with zero attached hydrogens (tertiary/aromatic N) is 3. The Labute approximate surface area is 104 Å². The molecule has 0 unspecified atom stereocenters. The predicted octanol–water partition coefficient (Wildman–Crippen LogP) is 2.41. The first-order valence-electron chi connectivity index (χ1n) is 5.42. The average Bonchev–Trinajstić information content (AvgIpc) is 2.37. The van der Waals surface area contributed by atoms with Crippen LogP contribution in [0.2, 0.25) is 0 Å². The van der Waals surface area contributed by atoms with Gasteiger partial charge in [-0.3, -0.25) is 0 Å². The maximum Gasteiger partial charge on any atom is 0.146 e. The minimum atomic E-state index is -0.267. The predicted molar refractivity (Wildman–Crippen MR) is 65.2 cm³/mol. The summed E-state index contributed by atoms with van der Waals surface area (Å²) in [6.07, 6.45) is 0. The van der Waals surface area contributed by atoms with Crippen molar-refractivity contribution in [3.05, 3.63) is 53.2 Å². The molecule has 1 aromatic carbocycles. The monoisotopic (exact) mass is 242 g/mol. The number of aryl methyl sites for hydroxylation is 1. The zero-order valence-corrected chi connectivity index (χ0v) is 9.81. The molecule has 0 bridgehead atoms. The van der Waals surface area contributed by atoms with Gasteiger partial charge in [0.25, 0.3) is 0 Å². The van der Waals surface area contributed by atoms with Gasteiger partial charge in [0.05, 0.1) is 0 Å². The summed E-state index contributed by atoms with van der Waals surface area (Å²) in [6, 6.07) is 10.0. The molecule has 0 fully saturated rings. The maximum absolute atomic E-state index is 13.4. The van der Waals surface area contributed by atoms with Crippen molar-refractivity contribution in [3.8, 4) is 6.07 Å². The standard InChI is InChI=1S/C13H11FN4/c1-9-17-11(7-15)6-13(18-9)16-8-10-4-2-3-5-12(10)14/h2-6H,8H2,1H3,(H,16,17,18). The van der Waals surface area contributed by atoms with Crippen molar-refractivity contribution in [2.75, 3.05) is 5.32 Å². The number of hydrogen-bond donors (Lipinski definition) is 1. The Hall–Kier alpha value is -2.48. The Kier molecular flexibility index (Phi) is 3.49. The van der Waals surface area contributed by atoms with Crippen molar-refractivity contribution < 1.29 is 4.39 Å². The van der Waals surface area contributed by atoms with Gasteiger partial charge in [-0.15, -0.1) is 0 Å². The summed E-state index contributed by atoms with van der Waals surface area (Å²) in [6.45, 7) is 2.02. The molecule has 18 heavy (non-hydrogen) atoms. The van der Waals surface area contributed by atoms with Gasteiger partial charge < -0.3 is 5.32 Å². The van der Waals surface area contributed by atoms with E-state index in [0.717, 1.165) is 0 Å². The van der Waals surface area contributed by atoms with Crippen molar-refractivity contribution in [3.63, 3.8) is 0 Å². The van der Waals surface area contributed by atoms with Gasteiger partial charge in [-0.2, -0.15) is 5.26 Å². The molecule has 0 atom stereocenters. The average molecular weight is 242 g/mol. The lowest BCUT2D eigenvalue weighted by Crippen LogP contribution is -2.05. The first-order chi connectivity index (χ1) is 8.69. The fourth-order valence-corrected chi connectivity index (χ4v) is 1.54. The molecule has 90 valence electrons. The van der Waals surface area contributed by atoms with Crippen LogP contribution >= 0.6 is 0 Å². The van der Waals surface area contributed by atoms with Crippen LogP contribution in [-0.4, -0.2) is 9.97 Å². The second kappa shape index (κ2) is 5.23. The van der Waals surface area contributed by atoms with E-state index < -0.39 is 0 Å². The van der Waals surface area contributed by atoms with E-state index in [2.05, 4.69) is 15.3 Å². The molecule has 0 aliphatic heterocycles. The first kappa shape index (κ1) is 12.0. The molecule has 0 radical (unpaired) electrons. The van der Waals surface area contributed by atoms with Crippen LogP contribution in [-0.2, 0) is 6.54 Å². The van der Waals surface area contributed by atoms with Crippen molar-refractivity contribution in [2.24, 2.45) is 0 Å². The molecule has 2 aromatic rings. The zero-order chi connectivity index (χ0) is 13.0. The van der Waals surface area contributed by atoms with Crippen molar-refractivity contribution in [1.82, 2.24) is 9.97 Å². The molecule has 0 amide bonds. The lowest BCUT2D eigenvalue weighted by Gasteiger charge is -2.07. The topological polar surface area (TPSA) is 61.6 Å². The molecule has 0 spiro atoms. The van der Waals surface area contributed by atoms with Crippen LogP contribution in [0.3, 0.4) is 0 Å².